The highest BCUT2D eigenvalue weighted by molar-refractivity contribution is 5.73. The summed E-state index contributed by atoms with van der Waals surface area (Å²) >= 11 is 0. The number of hydrogen-bond acceptors (Lipinski definition) is 11. The minimum absolute atomic E-state index is 0.0959. The molecule has 14 nitrogen and oxygen atoms in total. The first-order valence-corrected chi connectivity index (χ1v) is 11.2. The molecular formula is C21H34N4O10. The lowest BCUT2D eigenvalue weighted by atomic mass is 9.79. The molecular weight excluding hydrogens is 468 g/mol. The van der Waals surface area contributed by atoms with Crippen molar-refractivity contribution in [2.75, 3.05) is 46.2 Å². The first kappa shape index (κ1) is 30.1. The van der Waals surface area contributed by atoms with Gasteiger partial charge in [0.05, 0.1) is 51.8 Å². The lowest BCUT2D eigenvalue weighted by molar-refractivity contribution is -0.194. The summed E-state index contributed by atoms with van der Waals surface area (Å²) in [4.78, 5) is 49.5. The smallest absolute Gasteiger partial charge is 0.303 e. The predicted molar refractivity (Wildman–Crippen MR) is 119 cm³/mol. The topological polar surface area (TPSA) is 184 Å². The van der Waals surface area contributed by atoms with E-state index < -0.39 is 54.1 Å². The molecule has 0 aromatic rings. The molecule has 0 aliphatic heterocycles. The molecule has 0 heterocycles. The summed E-state index contributed by atoms with van der Waals surface area (Å²) in [5, 5.41) is 6.08. The van der Waals surface area contributed by atoms with Gasteiger partial charge in [0, 0.05) is 45.1 Å². The number of amides is 1. The molecule has 0 spiro atoms. The zero-order valence-electron chi connectivity index (χ0n) is 20.5. The maximum atomic E-state index is 11.9. The molecule has 3 unspecified atom stereocenters. The number of nitrogens with zero attached hydrogens (tertiary/aromatic N) is 3. The Bertz CT molecular complexity index is 758. The van der Waals surface area contributed by atoms with Crippen molar-refractivity contribution in [3.63, 3.8) is 0 Å². The molecule has 198 valence electrons. The zero-order valence-corrected chi connectivity index (χ0v) is 20.5. The Kier molecular flexibility index (Phi) is 14.3. The van der Waals surface area contributed by atoms with Gasteiger partial charge in [-0.15, -0.1) is 0 Å². The summed E-state index contributed by atoms with van der Waals surface area (Å²) in [5.74, 6) is -2.72. The van der Waals surface area contributed by atoms with E-state index in [0.29, 0.717) is 13.2 Å². The molecule has 1 aliphatic rings. The second-order valence-electron chi connectivity index (χ2n) is 7.76. The molecule has 35 heavy (non-hydrogen) atoms. The van der Waals surface area contributed by atoms with Gasteiger partial charge in [-0.1, -0.05) is 5.11 Å². The van der Waals surface area contributed by atoms with Gasteiger partial charge in [0.1, 0.15) is 6.10 Å². The van der Waals surface area contributed by atoms with Crippen molar-refractivity contribution in [1.82, 2.24) is 5.32 Å². The van der Waals surface area contributed by atoms with Crippen molar-refractivity contribution in [3.8, 4) is 0 Å². The fourth-order valence-electron chi connectivity index (χ4n) is 3.65. The first-order valence-electron chi connectivity index (χ1n) is 11.2. The number of esters is 3. The van der Waals surface area contributed by atoms with Crippen LogP contribution in [0.2, 0.25) is 0 Å². The van der Waals surface area contributed by atoms with Gasteiger partial charge >= 0.3 is 17.9 Å². The first-order chi connectivity index (χ1) is 16.6. The lowest BCUT2D eigenvalue weighted by Gasteiger charge is -2.45. The summed E-state index contributed by atoms with van der Waals surface area (Å²) < 4.78 is 32.7. The van der Waals surface area contributed by atoms with E-state index in [4.69, 9.17) is 34.0 Å². The van der Waals surface area contributed by atoms with Crippen LogP contribution >= 0.6 is 0 Å². The van der Waals surface area contributed by atoms with Gasteiger partial charge in [-0.2, -0.15) is 0 Å². The van der Waals surface area contributed by atoms with Gasteiger partial charge < -0.3 is 33.7 Å². The minimum Gasteiger partial charge on any atom is -0.465 e. The van der Waals surface area contributed by atoms with Crippen LogP contribution in [-0.4, -0.2) is 94.4 Å². The minimum atomic E-state index is -1.06. The molecule has 1 rings (SSSR count). The Morgan fingerprint density at radius 2 is 1.49 bits per heavy atom. The highest BCUT2D eigenvalue weighted by Gasteiger charge is 2.50. The van der Waals surface area contributed by atoms with Gasteiger partial charge in [-0.3, -0.25) is 19.2 Å². The van der Waals surface area contributed by atoms with Crippen LogP contribution in [0.5, 0.6) is 0 Å². The normalized spacial score (nSPS) is 23.5. The van der Waals surface area contributed by atoms with Gasteiger partial charge in [0.2, 0.25) is 5.91 Å². The number of rotatable bonds is 15. The van der Waals surface area contributed by atoms with Crippen molar-refractivity contribution < 1.29 is 47.6 Å². The summed E-state index contributed by atoms with van der Waals surface area (Å²) in [6, 6.07) is -0.821. The molecule has 14 heteroatoms. The van der Waals surface area contributed by atoms with E-state index in [2.05, 4.69) is 15.3 Å². The Labute approximate surface area is 203 Å². The Hall–Kier alpha value is -2.93. The highest BCUT2D eigenvalue weighted by atomic mass is 16.6. The quantitative estimate of drug-likeness (QED) is 0.0833. The van der Waals surface area contributed by atoms with E-state index in [1.165, 1.54) is 27.7 Å². The molecule has 1 saturated carbocycles. The summed E-state index contributed by atoms with van der Waals surface area (Å²) in [7, 11) is 0. The Morgan fingerprint density at radius 1 is 0.886 bits per heavy atom. The van der Waals surface area contributed by atoms with Crippen molar-refractivity contribution in [1.29, 1.82) is 0 Å². The highest BCUT2D eigenvalue weighted by Crippen LogP contribution is 2.32. The molecule has 1 fully saturated rings. The number of azide groups is 1. The molecule has 5 atom stereocenters. The van der Waals surface area contributed by atoms with E-state index in [9.17, 15) is 19.2 Å². The number of nitrogens with one attached hydrogen (secondary N) is 1. The predicted octanol–water partition coefficient (Wildman–Crippen LogP) is 0.666. The monoisotopic (exact) mass is 502 g/mol. The van der Waals surface area contributed by atoms with Crippen LogP contribution in [0.15, 0.2) is 5.11 Å². The molecule has 0 radical (unpaired) electrons. The zero-order chi connectivity index (χ0) is 26.2. The van der Waals surface area contributed by atoms with Crippen LogP contribution in [-0.2, 0) is 47.6 Å². The van der Waals surface area contributed by atoms with Gasteiger partial charge in [-0.05, 0) is 12.0 Å². The summed E-state index contributed by atoms with van der Waals surface area (Å²) in [5.41, 5.74) is 8.20. The van der Waals surface area contributed by atoms with Gasteiger partial charge in [-0.25, -0.2) is 0 Å². The van der Waals surface area contributed by atoms with Crippen LogP contribution in [0.25, 0.3) is 10.4 Å². The van der Waals surface area contributed by atoms with Gasteiger partial charge in [0.15, 0.2) is 6.10 Å². The molecule has 0 aromatic heterocycles. The SMILES string of the molecule is CC(=O)NC1C(OC(C)=O)[C@@H](OC(C)=O)C(COC(C)=O)C[C@H]1OCCOCCOCCN=[N+]=[N-]. The van der Waals surface area contributed by atoms with E-state index >= 15 is 0 Å². The molecule has 1 aliphatic carbocycles. The fourth-order valence-corrected chi connectivity index (χ4v) is 3.65. The standard InChI is InChI=1S/C21H34N4O10/c1-13(26)24-19-18(32-10-9-31-8-7-30-6-5-23-25-22)11-17(12-33-14(2)27)20(34-15(3)28)21(19)35-16(4)29/h17-21H,5-12H2,1-4H3,(H,24,26)/t17?,18-,19?,20+,21?/m1/s1. The molecule has 1 amide bonds. The lowest BCUT2D eigenvalue weighted by Crippen LogP contribution is -2.63. The average Bonchev–Trinajstić information content (AvgIpc) is 2.76. The summed E-state index contributed by atoms with van der Waals surface area (Å²) in [6.45, 7) is 6.34. The van der Waals surface area contributed by atoms with Gasteiger partial charge in [0.25, 0.3) is 0 Å². The third-order valence-corrected chi connectivity index (χ3v) is 4.88. The van der Waals surface area contributed by atoms with Crippen LogP contribution in [0.4, 0.5) is 0 Å². The second-order valence-corrected chi connectivity index (χ2v) is 7.76. The van der Waals surface area contributed by atoms with Crippen LogP contribution < -0.4 is 5.32 Å². The number of carbonyl (C=O) groups is 4. The molecule has 0 saturated heterocycles. The largest absolute Gasteiger partial charge is 0.465 e. The van der Waals surface area contributed by atoms with Crippen LogP contribution in [0.3, 0.4) is 0 Å². The van der Waals surface area contributed by atoms with E-state index in [1.807, 2.05) is 0 Å². The Balaban J connectivity index is 2.85. The number of carbonyl (C=O) groups excluding carboxylic acids is 4. The molecule has 0 bridgehead atoms. The number of ether oxygens (including phenoxy) is 6. The molecule has 1 N–H and O–H groups in total. The average molecular weight is 503 g/mol. The van der Waals surface area contributed by atoms with Crippen molar-refractivity contribution >= 4 is 23.8 Å². The van der Waals surface area contributed by atoms with Crippen LogP contribution in [0, 0.1) is 5.92 Å². The van der Waals surface area contributed by atoms with Crippen molar-refractivity contribution in [2.24, 2.45) is 11.0 Å². The fraction of sp³-hybridized carbons (Fsp3) is 0.810. The van der Waals surface area contributed by atoms with E-state index in [0.717, 1.165) is 0 Å². The maximum absolute atomic E-state index is 11.9. The number of hydrogen-bond donors (Lipinski definition) is 1. The van der Waals surface area contributed by atoms with E-state index in [1.54, 1.807) is 0 Å². The third kappa shape index (κ3) is 12.4. The third-order valence-electron chi connectivity index (χ3n) is 4.88. The summed E-state index contributed by atoms with van der Waals surface area (Å²) in [6.07, 6.45) is -2.44. The van der Waals surface area contributed by atoms with E-state index in [-0.39, 0.29) is 39.4 Å². The Morgan fingerprint density at radius 3 is 2.06 bits per heavy atom. The van der Waals surface area contributed by atoms with Crippen LogP contribution in [0.1, 0.15) is 34.1 Å². The van der Waals surface area contributed by atoms with Crippen molar-refractivity contribution in [2.45, 2.75) is 58.5 Å². The van der Waals surface area contributed by atoms with Crippen molar-refractivity contribution in [3.05, 3.63) is 10.4 Å². The molecule has 0 aromatic carbocycles. The second kappa shape index (κ2) is 16.7. The maximum Gasteiger partial charge on any atom is 0.303 e.